The second-order valence-electron chi connectivity index (χ2n) is 5.38. The highest BCUT2D eigenvalue weighted by molar-refractivity contribution is 6.04. The number of aromatic nitrogens is 4. The number of carbonyl (C=O) groups excluding carboxylic acids is 1. The van der Waals surface area contributed by atoms with Gasteiger partial charge in [-0.1, -0.05) is 0 Å². The summed E-state index contributed by atoms with van der Waals surface area (Å²) in [5, 5.41) is 10.1. The monoisotopic (exact) mass is 346 g/mol. The van der Waals surface area contributed by atoms with Crippen LogP contribution in [0.2, 0.25) is 0 Å². The molecule has 0 bridgehead atoms. The van der Waals surface area contributed by atoms with Crippen molar-refractivity contribution in [2.75, 3.05) is 10.6 Å². The number of hydrogen-bond acceptors (Lipinski definition) is 6. The SMILES string of the molecule is O=C(Nc1ccc(Nc2cc(-n3cccn3)ncn2)cc1)c1ccoc1. The molecule has 0 unspecified atom stereocenters. The molecular weight excluding hydrogens is 332 g/mol. The summed E-state index contributed by atoms with van der Waals surface area (Å²) in [6.07, 6.45) is 7.83. The molecule has 0 saturated heterocycles. The lowest BCUT2D eigenvalue weighted by Gasteiger charge is -2.08. The summed E-state index contributed by atoms with van der Waals surface area (Å²) in [6, 6.07) is 12.5. The third-order valence-corrected chi connectivity index (χ3v) is 3.59. The first-order valence-electron chi connectivity index (χ1n) is 7.81. The van der Waals surface area contributed by atoms with Crippen LogP contribution in [0, 0.1) is 0 Å². The van der Waals surface area contributed by atoms with E-state index in [0.29, 0.717) is 22.9 Å². The first kappa shape index (κ1) is 15.6. The molecule has 0 aliphatic rings. The van der Waals surface area contributed by atoms with Gasteiger partial charge >= 0.3 is 0 Å². The van der Waals surface area contributed by atoms with Crippen molar-refractivity contribution >= 4 is 23.1 Å². The van der Waals surface area contributed by atoms with E-state index in [1.165, 1.54) is 18.9 Å². The maximum atomic E-state index is 12.0. The molecule has 0 atom stereocenters. The van der Waals surface area contributed by atoms with Gasteiger partial charge in [-0.05, 0) is 36.4 Å². The summed E-state index contributed by atoms with van der Waals surface area (Å²) in [7, 11) is 0. The molecule has 0 fully saturated rings. The Kier molecular flexibility index (Phi) is 4.13. The highest BCUT2D eigenvalue weighted by atomic mass is 16.3. The van der Waals surface area contributed by atoms with Gasteiger partial charge in [0.2, 0.25) is 0 Å². The molecule has 0 aliphatic heterocycles. The molecule has 128 valence electrons. The molecule has 1 amide bonds. The number of hydrogen-bond donors (Lipinski definition) is 2. The van der Waals surface area contributed by atoms with Crippen molar-refractivity contribution in [2.24, 2.45) is 0 Å². The normalized spacial score (nSPS) is 10.5. The van der Waals surface area contributed by atoms with Crippen LogP contribution in [0.25, 0.3) is 5.82 Å². The third-order valence-electron chi connectivity index (χ3n) is 3.59. The van der Waals surface area contributed by atoms with E-state index >= 15 is 0 Å². The van der Waals surface area contributed by atoms with Gasteiger partial charge < -0.3 is 15.1 Å². The summed E-state index contributed by atoms with van der Waals surface area (Å²) in [5.41, 5.74) is 1.98. The largest absolute Gasteiger partial charge is 0.472 e. The fraction of sp³-hybridized carbons (Fsp3) is 0. The van der Waals surface area contributed by atoms with Gasteiger partial charge in [0.05, 0.1) is 11.8 Å². The standard InChI is InChI=1S/C18H14N6O2/c25-18(13-6-9-26-11-13)23-15-4-2-14(3-5-15)22-16-10-17(20-12-19-16)24-8-1-7-21-24/h1-12H,(H,23,25)(H,19,20,22). The zero-order valence-electron chi connectivity index (χ0n) is 13.5. The molecule has 0 aliphatic carbocycles. The molecule has 3 aromatic heterocycles. The van der Waals surface area contributed by atoms with Gasteiger partial charge in [0, 0.05) is 29.8 Å². The summed E-state index contributed by atoms with van der Waals surface area (Å²) >= 11 is 0. The van der Waals surface area contributed by atoms with Crippen LogP contribution in [-0.4, -0.2) is 25.7 Å². The van der Waals surface area contributed by atoms with Gasteiger partial charge in [-0.15, -0.1) is 0 Å². The van der Waals surface area contributed by atoms with Crippen LogP contribution < -0.4 is 10.6 Å². The predicted octanol–water partition coefficient (Wildman–Crippen LogP) is 3.25. The zero-order valence-corrected chi connectivity index (χ0v) is 13.5. The molecule has 8 nitrogen and oxygen atoms in total. The van der Waals surface area contributed by atoms with E-state index in [1.54, 1.807) is 35.1 Å². The zero-order chi connectivity index (χ0) is 17.8. The minimum atomic E-state index is -0.223. The maximum Gasteiger partial charge on any atom is 0.258 e. The second kappa shape index (κ2) is 6.89. The number of benzene rings is 1. The summed E-state index contributed by atoms with van der Waals surface area (Å²) < 4.78 is 6.56. The van der Waals surface area contributed by atoms with Crippen LogP contribution in [0.5, 0.6) is 0 Å². The van der Waals surface area contributed by atoms with Crippen molar-refractivity contribution in [1.82, 2.24) is 19.7 Å². The molecule has 1 aromatic carbocycles. The highest BCUT2D eigenvalue weighted by Crippen LogP contribution is 2.19. The van der Waals surface area contributed by atoms with E-state index in [0.717, 1.165) is 5.69 Å². The number of rotatable bonds is 5. The number of anilines is 3. The van der Waals surface area contributed by atoms with Gasteiger partial charge in [-0.3, -0.25) is 4.79 Å². The molecule has 0 spiro atoms. The van der Waals surface area contributed by atoms with Gasteiger partial charge in [0.15, 0.2) is 5.82 Å². The van der Waals surface area contributed by atoms with E-state index in [1.807, 2.05) is 24.4 Å². The van der Waals surface area contributed by atoms with E-state index in [2.05, 4.69) is 25.7 Å². The van der Waals surface area contributed by atoms with Crippen molar-refractivity contribution in [2.45, 2.75) is 0 Å². The molecule has 4 rings (SSSR count). The Hall–Kier alpha value is -3.94. The molecule has 0 saturated carbocycles. The quantitative estimate of drug-likeness (QED) is 0.576. The molecule has 3 heterocycles. The number of carbonyl (C=O) groups is 1. The molecular formula is C18H14N6O2. The van der Waals surface area contributed by atoms with Crippen molar-refractivity contribution < 1.29 is 9.21 Å². The fourth-order valence-corrected chi connectivity index (χ4v) is 2.33. The van der Waals surface area contributed by atoms with Crippen molar-refractivity contribution in [3.05, 3.63) is 79.3 Å². The minimum Gasteiger partial charge on any atom is -0.472 e. The number of nitrogens with zero attached hydrogens (tertiary/aromatic N) is 4. The average Bonchev–Trinajstić information content (AvgIpc) is 3.38. The van der Waals surface area contributed by atoms with Crippen molar-refractivity contribution in [3.8, 4) is 5.82 Å². The van der Waals surface area contributed by atoms with Crippen LogP contribution in [0.1, 0.15) is 10.4 Å². The second-order valence-corrected chi connectivity index (χ2v) is 5.38. The first-order chi connectivity index (χ1) is 12.8. The lowest BCUT2D eigenvalue weighted by atomic mass is 10.2. The van der Waals surface area contributed by atoms with E-state index in [9.17, 15) is 4.79 Å². The fourth-order valence-electron chi connectivity index (χ4n) is 2.33. The smallest absolute Gasteiger partial charge is 0.258 e. The van der Waals surface area contributed by atoms with Crippen molar-refractivity contribution in [1.29, 1.82) is 0 Å². The Morgan fingerprint density at radius 1 is 1.08 bits per heavy atom. The predicted molar refractivity (Wildman–Crippen MR) is 95.5 cm³/mol. The van der Waals surface area contributed by atoms with Gasteiger partial charge in [-0.25, -0.2) is 14.6 Å². The maximum absolute atomic E-state index is 12.0. The summed E-state index contributed by atoms with van der Waals surface area (Å²) in [5.74, 6) is 1.08. The van der Waals surface area contributed by atoms with Crippen LogP contribution in [0.3, 0.4) is 0 Å². The molecule has 26 heavy (non-hydrogen) atoms. The number of amides is 1. The summed E-state index contributed by atoms with van der Waals surface area (Å²) in [6.45, 7) is 0. The first-order valence-corrected chi connectivity index (χ1v) is 7.81. The molecule has 8 heteroatoms. The molecule has 4 aromatic rings. The van der Waals surface area contributed by atoms with Crippen LogP contribution in [0.4, 0.5) is 17.2 Å². The molecule has 0 radical (unpaired) electrons. The Morgan fingerprint density at radius 2 is 1.92 bits per heavy atom. The minimum absolute atomic E-state index is 0.223. The van der Waals surface area contributed by atoms with Crippen LogP contribution in [-0.2, 0) is 0 Å². The summed E-state index contributed by atoms with van der Waals surface area (Å²) in [4.78, 5) is 20.4. The Morgan fingerprint density at radius 3 is 2.65 bits per heavy atom. The van der Waals surface area contributed by atoms with E-state index in [-0.39, 0.29) is 5.91 Å². The Labute approximate surface area is 148 Å². The van der Waals surface area contributed by atoms with E-state index < -0.39 is 0 Å². The third kappa shape index (κ3) is 3.44. The molecule has 2 N–H and O–H groups in total. The Bertz CT molecular complexity index is 995. The van der Waals surface area contributed by atoms with Gasteiger partial charge in [-0.2, -0.15) is 5.10 Å². The van der Waals surface area contributed by atoms with E-state index in [4.69, 9.17) is 4.42 Å². The lowest BCUT2D eigenvalue weighted by molar-refractivity contribution is 0.102. The topological polar surface area (TPSA) is 97.9 Å². The van der Waals surface area contributed by atoms with Gasteiger partial charge in [0.25, 0.3) is 5.91 Å². The van der Waals surface area contributed by atoms with Crippen molar-refractivity contribution in [3.63, 3.8) is 0 Å². The lowest BCUT2D eigenvalue weighted by Crippen LogP contribution is -2.10. The van der Waals surface area contributed by atoms with Crippen LogP contribution >= 0.6 is 0 Å². The highest BCUT2D eigenvalue weighted by Gasteiger charge is 2.07. The number of furan rings is 1. The van der Waals surface area contributed by atoms with Gasteiger partial charge in [0.1, 0.15) is 18.4 Å². The average molecular weight is 346 g/mol. The van der Waals surface area contributed by atoms with Crippen LogP contribution in [0.15, 0.2) is 78.1 Å². The Balaban J connectivity index is 1.44. The number of nitrogens with one attached hydrogen (secondary N) is 2.